The summed E-state index contributed by atoms with van der Waals surface area (Å²) in [5.74, 6) is 0. The van der Waals surface area contributed by atoms with Crippen LogP contribution < -0.4 is 0 Å². The molecule has 1 rings (SSSR count). The molecule has 5 nitrogen and oxygen atoms in total. The van der Waals surface area contributed by atoms with Gasteiger partial charge in [-0.05, 0) is 19.4 Å². The van der Waals surface area contributed by atoms with Gasteiger partial charge in [0, 0.05) is 19.6 Å². The van der Waals surface area contributed by atoms with E-state index in [1.807, 2.05) is 0 Å². The molecule has 0 radical (unpaired) electrons. The number of unbranched alkanes of at least 4 members (excludes halogenated alkanes) is 9. The van der Waals surface area contributed by atoms with Crippen LogP contribution in [0.15, 0.2) is 0 Å². The Labute approximate surface area is 149 Å². The Balaban J connectivity index is 1.88. The van der Waals surface area contributed by atoms with Crippen LogP contribution in [0.1, 0.15) is 77.6 Å². The van der Waals surface area contributed by atoms with Gasteiger partial charge in [0.05, 0.1) is 12.8 Å². The SMILES string of the molecule is CCCCCCCCCCCCN1CCN(CCCP(=O)(O)O)C1. The Morgan fingerprint density at radius 2 is 1.21 bits per heavy atom. The fourth-order valence-corrected chi connectivity index (χ4v) is 3.95. The van der Waals surface area contributed by atoms with Crippen molar-refractivity contribution in [3.8, 4) is 0 Å². The molecule has 1 aliphatic rings. The van der Waals surface area contributed by atoms with Gasteiger partial charge in [0.1, 0.15) is 0 Å². The van der Waals surface area contributed by atoms with Gasteiger partial charge >= 0.3 is 7.60 Å². The van der Waals surface area contributed by atoms with E-state index in [1.54, 1.807) is 0 Å². The van der Waals surface area contributed by atoms with Gasteiger partial charge in [0.25, 0.3) is 0 Å². The quantitative estimate of drug-likeness (QED) is 0.340. The van der Waals surface area contributed by atoms with Crippen LogP contribution in [0.25, 0.3) is 0 Å². The van der Waals surface area contributed by atoms with Crippen LogP contribution >= 0.6 is 7.60 Å². The molecule has 0 atom stereocenters. The molecule has 2 N–H and O–H groups in total. The summed E-state index contributed by atoms with van der Waals surface area (Å²) in [6.07, 6.45) is 14.4. The first kappa shape index (κ1) is 22.1. The van der Waals surface area contributed by atoms with E-state index in [-0.39, 0.29) is 6.16 Å². The lowest BCUT2D eigenvalue weighted by atomic mass is 10.1. The van der Waals surface area contributed by atoms with Crippen molar-refractivity contribution in [2.24, 2.45) is 0 Å². The zero-order valence-corrected chi connectivity index (χ0v) is 16.6. The third kappa shape index (κ3) is 12.4. The number of nitrogens with zero attached hydrogens (tertiary/aromatic N) is 2. The minimum absolute atomic E-state index is 0.0158. The highest BCUT2D eigenvalue weighted by atomic mass is 31.2. The van der Waals surface area contributed by atoms with E-state index < -0.39 is 7.60 Å². The van der Waals surface area contributed by atoms with Gasteiger partial charge in [-0.1, -0.05) is 64.7 Å². The maximum Gasteiger partial charge on any atom is 0.325 e. The van der Waals surface area contributed by atoms with Crippen molar-refractivity contribution in [3.63, 3.8) is 0 Å². The van der Waals surface area contributed by atoms with Gasteiger partial charge in [0.2, 0.25) is 0 Å². The average molecular weight is 362 g/mol. The summed E-state index contributed by atoms with van der Waals surface area (Å²) in [4.78, 5) is 22.6. The second-order valence-electron chi connectivity index (χ2n) is 7.30. The first-order valence-corrected chi connectivity index (χ1v) is 11.8. The summed E-state index contributed by atoms with van der Waals surface area (Å²) in [6, 6.07) is 0. The van der Waals surface area contributed by atoms with E-state index in [0.717, 1.165) is 26.3 Å². The summed E-state index contributed by atoms with van der Waals surface area (Å²) in [7, 11) is -3.82. The Morgan fingerprint density at radius 3 is 1.71 bits per heavy atom. The molecule has 0 aromatic rings. The number of hydrogen-bond donors (Lipinski definition) is 2. The molecule has 144 valence electrons. The summed E-state index contributed by atoms with van der Waals surface area (Å²) in [5.41, 5.74) is 0. The van der Waals surface area contributed by atoms with Gasteiger partial charge in [-0.15, -0.1) is 0 Å². The standard InChI is InChI=1S/C18H39N2O3P/c1-2-3-4-5-6-7-8-9-10-11-13-19-15-16-20(18-19)14-12-17-24(21,22)23/h2-18H2,1H3,(H2,21,22,23). The van der Waals surface area contributed by atoms with Crippen molar-refractivity contribution in [3.05, 3.63) is 0 Å². The van der Waals surface area contributed by atoms with Crippen molar-refractivity contribution in [2.45, 2.75) is 77.6 Å². The molecule has 1 fully saturated rings. The van der Waals surface area contributed by atoms with E-state index >= 15 is 0 Å². The molecule has 0 aliphatic carbocycles. The van der Waals surface area contributed by atoms with Gasteiger partial charge in [-0.2, -0.15) is 0 Å². The molecule has 1 aliphatic heterocycles. The molecule has 24 heavy (non-hydrogen) atoms. The summed E-state index contributed by atoms with van der Waals surface area (Å²) >= 11 is 0. The molecule has 0 saturated carbocycles. The third-order valence-corrected chi connectivity index (χ3v) is 5.78. The van der Waals surface area contributed by atoms with Gasteiger partial charge in [0.15, 0.2) is 0 Å². The van der Waals surface area contributed by atoms with E-state index in [0.29, 0.717) is 6.42 Å². The number of hydrogen-bond acceptors (Lipinski definition) is 3. The Hall–Kier alpha value is 0.0700. The molecule has 1 heterocycles. The van der Waals surface area contributed by atoms with Crippen LogP contribution in [0.4, 0.5) is 0 Å². The predicted molar refractivity (Wildman–Crippen MR) is 101 cm³/mol. The fourth-order valence-electron chi connectivity index (χ4n) is 3.40. The minimum atomic E-state index is -3.82. The zero-order chi connectivity index (χ0) is 17.7. The largest absolute Gasteiger partial charge is 0.325 e. The van der Waals surface area contributed by atoms with E-state index in [9.17, 15) is 4.57 Å². The highest BCUT2D eigenvalue weighted by Gasteiger charge is 2.20. The maximum absolute atomic E-state index is 10.8. The maximum atomic E-state index is 10.8. The zero-order valence-electron chi connectivity index (χ0n) is 15.7. The topological polar surface area (TPSA) is 64.0 Å². The van der Waals surface area contributed by atoms with Gasteiger partial charge < -0.3 is 9.79 Å². The summed E-state index contributed by atoms with van der Waals surface area (Å²) < 4.78 is 10.8. The Bertz CT molecular complexity index is 349. The molecule has 0 bridgehead atoms. The third-order valence-electron chi connectivity index (χ3n) is 4.88. The van der Waals surface area contributed by atoms with Crippen molar-refractivity contribution < 1.29 is 14.4 Å². The van der Waals surface area contributed by atoms with E-state index in [2.05, 4.69) is 16.7 Å². The second-order valence-corrected chi connectivity index (χ2v) is 9.08. The normalized spacial score (nSPS) is 17.0. The van der Waals surface area contributed by atoms with Crippen LogP contribution in [0.3, 0.4) is 0 Å². The molecule has 1 saturated heterocycles. The molecule has 0 aromatic carbocycles. The van der Waals surface area contributed by atoms with Crippen LogP contribution in [0, 0.1) is 0 Å². The lowest BCUT2D eigenvalue weighted by molar-refractivity contribution is 0.241. The highest BCUT2D eigenvalue weighted by Crippen LogP contribution is 2.34. The second kappa shape index (κ2) is 13.3. The molecule has 0 amide bonds. The molecular weight excluding hydrogens is 323 g/mol. The van der Waals surface area contributed by atoms with Gasteiger partial charge in [-0.25, -0.2) is 0 Å². The molecule has 0 spiro atoms. The van der Waals surface area contributed by atoms with Crippen LogP contribution in [0.2, 0.25) is 0 Å². The fraction of sp³-hybridized carbons (Fsp3) is 1.00. The first-order valence-electron chi connectivity index (χ1n) is 10.0. The van der Waals surface area contributed by atoms with Crippen molar-refractivity contribution in [2.75, 3.05) is 39.0 Å². The number of rotatable bonds is 15. The molecular formula is C18H39N2O3P. The van der Waals surface area contributed by atoms with Crippen molar-refractivity contribution in [1.29, 1.82) is 0 Å². The van der Waals surface area contributed by atoms with Crippen LogP contribution in [-0.4, -0.2) is 58.6 Å². The Kier molecular flexibility index (Phi) is 12.3. The lowest BCUT2D eigenvalue weighted by Gasteiger charge is -2.18. The minimum Gasteiger partial charge on any atom is -0.324 e. The van der Waals surface area contributed by atoms with Crippen molar-refractivity contribution >= 4 is 7.60 Å². The molecule has 0 unspecified atom stereocenters. The smallest absolute Gasteiger partial charge is 0.324 e. The van der Waals surface area contributed by atoms with Crippen LogP contribution in [-0.2, 0) is 4.57 Å². The summed E-state index contributed by atoms with van der Waals surface area (Å²) in [5, 5.41) is 0. The predicted octanol–water partition coefficient (Wildman–Crippen LogP) is 4.05. The van der Waals surface area contributed by atoms with Crippen LogP contribution in [0.5, 0.6) is 0 Å². The average Bonchev–Trinajstić information content (AvgIpc) is 2.96. The Morgan fingerprint density at radius 1 is 0.750 bits per heavy atom. The van der Waals surface area contributed by atoms with Gasteiger partial charge in [-0.3, -0.25) is 14.4 Å². The van der Waals surface area contributed by atoms with E-state index in [1.165, 1.54) is 70.8 Å². The monoisotopic (exact) mass is 362 g/mol. The van der Waals surface area contributed by atoms with E-state index in [4.69, 9.17) is 9.79 Å². The lowest BCUT2D eigenvalue weighted by Crippen LogP contribution is -2.27. The van der Waals surface area contributed by atoms with Crippen molar-refractivity contribution in [1.82, 2.24) is 9.80 Å². The summed E-state index contributed by atoms with van der Waals surface area (Å²) in [6.45, 7) is 7.36. The first-order chi connectivity index (χ1) is 11.5. The molecule has 0 aromatic heterocycles. The highest BCUT2D eigenvalue weighted by molar-refractivity contribution is 7.51. The molecule has 6 heteroatoms.